The fraction of sp³-hybridized carbons (Fsp3) is 0.222. The van der Waals surface area contributed by atoms with Crippen molar-refractivity contribution in [3.8, 4) is 11.3 Å². The van der Waals surface area contributed by atoms with Crippen LogP contribution >= 0.6 is 11.6 Å². The number of esters is 1. The number of carbonyl (C=O) groups excluding carboxylic acids is 2. The SMILES string of the molecule is CCOC(=O)C1=C(C)NC(=O)NC1c1ccc(-c2ccc([N+](=O)[O-])cc2Cl)o1. The number of furan rings is 1. The lowest BCUT2D eigenvalue weighted by atomic mass is 10.0. The summed E-state index contributed by atoms with van der Waals surface area (Å²) in [5.41, 5.74) is 0.877. The maximum Gasteiger partial charge on any atom is 0.338 e. The second-order valence-electron chi connectivity index (χ2n) is 5.91. The van der Waals surface area contributed by atoms with Gasteiger partial charge in [-0.2, -0.15) is 0 Å². The predicted molar refractivity (Wildman–Crippen MR) is 99.5 cm³/mol. The number of benzene rings is 1. The summed E-state index contributed by atoms with van der Waals surface area (Å²) >= 11 is 6.14. The van der Waals surface area contributed by atoms with Crippen LogP contribution < -0.4 is 10.6 Å². The Hall–Kier alpha value is -3.33. The highest BCUT2D eigenvalue weighted by atomic mass is 35.5. The van der Waals surface area contributed by atoms with Crippen molar-refractivity contribution in [2.24, 2.45) is 0 Å². The van der Waals surface area contributed by atoms with Gasteiger partial charge in [0.1, 0.15) is 17.6 Å². The maximum absolute atomic E-state index is 12.3. The van der Waals surface area contributed by atoms with Gasteiger partial charge in [-0.25, -0.2) is 9.59 Å². The zero-order valence-electron chi connectivity index (χ0n) is 14.9. The quantitative estimate of drug-likeness (QED) is 0.444. The van der Waals surface area contributed by atoms with Gasteiger partial charge in [0.25, 0.3) is 5.69 Å². The van der Waals surface area contributed by atoms with E-state index in [0.29, 0.717) is 22.8 Å². The average Bonchev–Trinajstić information content (AvgIpc) is 3.10. The molecule has 1 unspecified atom stereocenters. The normalized spacial score (nSPS) is 16.4. The predicted octanol–water partition coefficient (Wildman–Crippen LogP) is 3.70. The van der Waals surface area contributed by atoms with Crippen LogP contribution in [-0.4, -0.2) is 23.5 Å². The van der Waals surface area contributed by atoms with Crippen molar-refractivity contribution >= 4 is 29.3 Å². The molecule has 1 aromatic heterocycles. The molecule has 1 aliphatic rings. The minimum Gasteiger partial charge on any atom is -0.463 e. The lowest BCUT2D eigenvalue weighted by Crippen LogP contribution is -2.45. The molecule has 146 valence electrons. The Kier molecular flexibility index (Phi) is 5.36. The number of allylic oxidation sites excluding steroid dienone is 1. The maximum atomic E-state index is 12.3. The van der Waals surface area contributed by atoms with Crippen LogP contribution in [0, 0.1) is 10.1 Å². The lowest BCUT2D eigenvalue weighted by Gasteiger charge is -2.26. The molecule has 1 atom stereocenters. The van der Waals surface area contributed by atoms with E-state index in [-0.39, 0.29) is 22.9 Å². The topological polar surface area (TPSA) is 124 Å². The molecule has 0 fully saturated rings. The first kappa shape index (κ1) is 19.4. The van der Waals surface area contributed by atoms with Crippen molar-refractivity contribution in [3.05, 3.63) is 62.5 Å². The van der Waals surface area contributed by atoms with Crippen molar-refractivity contribution in [3.63, 3.8) is 0 Å². The first-order valence-corrected chi connectivity index (χ1v) is 8.69. The molecule has 0 saturated carbocycles. The molecule has 9 nitrogen and oxygen atoms in total. The van der Waals surface area contributed by atoms with Crippen molar-refractivity contribution in [2.45, 2.75) is 19.9 Å². The summed E-state index contributed by atoms with van der Waals surface area (Å²) in [6.45, 7) is 3.45. The third-order valence-corrected chi connectivity index (χ3v) is 4.42. The number of hydrogen-bond donors (Lipinski definition) is 2. The van der Waals surface area contributed by atoms with Gasteiger partial charge in [0.2, 0.25) is 0 Å². The van der Waals surface area contributed by atoms with Crippen LogP contribution in [-0.2, 0) is 9.53 Å². The number of non-ortho nitro benzene ring substituents is 1. The van der Waals surface area contributed by atoms with Gasteiger partial charge in [-0.1, -0.05) is 11.6 Å². The third kappa shape index (κ3) is 3.70. The Balaban J connectivity index is 1.98. The summed E-state index contributed by atoms with van der Waals surface area (Å²) in [4.78, 5) is 34.5. The zero-order chi connectivity index (χ0) is 20.4. The van der Waals surface area contributed by atoms with Crippen LogP contribution in [0.4, 0.5) is 10.5 Å². The molecule has 0 spiro atoms. The van der Waals surface area contributed by atoms with Gasteiger partial charge in [0, 0.05) is 23.4 Å². The molecule has 2 N–H and O–H groups in total. The van der Waals surface area contributed by atoms with E-state index in [2.05, 4.69) is 10.6 Å². The molecule has 1 aromatic carbocycles. The molecule has 2 amide bonds. The monoisotopic (exact) mass is 405 g/mol. The van der Waals surface area contributed by atoms with Crippen LogP contribution in [0.15, 0.2) is 46.0 Å². The van der Waals surface area contributed by atoms with Crippen molar-refractivity contribution < 1.29 is 23.7 Å². The van der Waals surface area contributed by atoms with Crippen molar-refractivity contribution in [1.82, 2.24) is 10.6 Å². The second kappa shape index (κ2) is 7.73. The van der Waals surface area contributed by atoms with E-state index in [1.54, 1.807) is 26.0 Å². The van der Waals surface area contributed by atoms with Crippen molar-refractivity contribution in [1.29, 1.82) is 0 Å². The number of nitro benzene ring substituents is 1. The average molecular weight is 406 g/mol. The van der Waals surface area contributed by atoms with Gasteiger partial charge >= 0.3 is 12.0 Å². The highest BCUT2D eigenvalue weighted by Crippen LogP contribution is 2.35. The smallest absolute Gasteiger partial charge is 0.338 e. The van der Waals surface area contributed by atoms with Gasteiger partial charge < -0.3 is 19.8 Å². The minimum atomic E-state index is -0.849. The first-order valence-electron chi connectivity index (χ1n) is 8.31. The molecule has 2 aromatic rings. The molecule has 1 aliphatic heterocycles. The number of amides is 2. The van der Waals surface area contributed by atoms with Crippen LogP contribution in [0.5, 0.6) is 0 Å². The zero-order valence-corrected chi connectivity index (χ0v) is 15.7. The molecule has 10 heteroatoms. The standard InChI is InChI=1S/C18H16ClN3O6/c1-3-27-17(23)15-9(2)20-18(24)21-16(15)14-7-6-13(28-14)11-5-4-10(22(25)26)8-12(11)19/h4-8,16H,3H2,1-2H3,(H2,20,21,24). The number of nitrogens with zero attached hydrogens (tertiary/aromatic N) is 1. The van der Waals surface area contributed by atoms with Gasteiger partial charge in [-0.3, -0.25) is 10.1 Å². The summed E-state index contributed by atoms with van der Waals surface area (Å²) in [6.07, 6.45) is 0. The largest absolute Gasteiger partial charge is 0.463 e. The number of ether oxygens (including phenoxy) is 1. The molecule has 2 heterocycles. The Morgan fingerprint density at radius 1 is 1.36 bits per heavy atom. The lowest BCUT2D eigenvalue weighted by molar-refractivity contribution is -0.384. The summed E-state index contributed by atoms with van der Waals surface area (Å²) in [6, 6.07) is 5.87. The molecule has 28 heavy (non-hydrogen) atoms. The molecule has 0 saturated heterocycles. The Labute approximate surface area is 164 Å². The van der Waals surface area contributed by atoms with E-state index in [4.69, 9.17) is 20.8 Å². The highest BCUT2D eigenvalue weighted by molar-refractivity contribution is 6.33. The van der Waals surface area contributed by atoms with Gasteiger partial charge in [0.05, 0.1) is 22.1 Å². The number of nitro groups is 1. The van der Waals surface area contributed by atoms with E-state index in [1.165, 1.54) is 18.2 Å². The van der Waals surface area contributed by atoms with Gasteiger partial charge in [0.15, 0.2) is 0 Å². The number of urea groups is 1. The molecule has 3 rings (SSSR count). The van der Waals surface area contributed by atoms with E-state index in [1.807, 2.05) is 0 Å². The van der Waals surface area contributed by atoms with Crippen LogP contribution in [0.3, 0.4) is 0 Å². The van der Waals surface area contributed by atoms with E-state index in [0.717, 1.165) is 0 Å². The number of carbonyl (C=O) groups is 2. The summed E-state index contributed by atoms with van der Waals surface area (Å²) in [7, 11) is 0. The molecule has 0 radical (unpaired) electrons. The van der Waals surface area contributed by atoms with E-state index < -0.39 is 23.0 Å². The Bertz CT molecular complexity index is 997. The van der Waals surface area contributed by atoms with Gasteiger partial charge in [-0.05, 0) is 32.0 Å². The number of hydrogen-bond acceptors (Lipinski definition) is 6. The number of halogens is 1. The van der Waals surface area contributed by atoms with Gasteiger partial charge in [-0.15, -0.1) is 0 Å². The molecular weight excluding hydrogens is 390 g/mol. The molecule has 0 aliphatic carbocycles. The summed E-state index contributed by atoms with van der Waals surface area (Å²) in [5.74, 6) is 0.0500. The second-order valence-corrected chi connectivity index (χ2v) is 6.32. The van der Waals surface area contributed by atoms with E-state index in [9.17, 15) is 19.7 Å². The van der Waals surface area contributed by atoms with E-state index >= 15 is 0 Å². The molecule has 0 bridgehead atoms. The minimum absolute atomic E-state index is 0.141. The van der Waals surface area contributed by atoms with Crippen molar-refractivity contribution in [2.75, 3.05) is 6.61 Å². The number of rotatable bonds is 5. The fourth-order valence-electron chi connectivity index (χ4n) is 2.86. The number of nitrogens with one attached hydrogen (secondary N) is 2. The van der Waals surface area contributed by atoms with Crippen LogP contribution in [0.25, 0.3) is 11.3 Å². The molecular formula is C18H16ClN3O6. The van der Waals surface area contributed by atoms with Crippen LogP contribution in [0.2, 0.25) is 5.02 Å². The summed E-state index contributed by atoms with van der Waals surface area (Å²) in [5, 5.41) is 16.2. The first-order chi connectivity index (χ1) is 13.3. The Morgan fingerprint density at radius 2 is 2.11 bits per heavy atom. The Morgan fingerprint density at radius 3 is 2.75 bits per heavy atom. The van der Waals surface area contributed by atoms with Crippen LogP contribution in [0.1, 0.15) is 25.6 Å². The fourth-order valence-corrected chi connectivity index (χ4v) is 3.12. The third-order valence-electron chi connectivity index (χ3n) is 4.10. The summed E-state index contributed by atoms with van der Waals surface area (Å²) < 4.78 is 10.9. The highest BCUT2D eigenvalue weighted by Gasteiger charge is 2.34.